The lowest BCUT2D eigenvalue weighted by Gasteiger charge is -2.18. The fourth-order valence-corrected chi connectivity index (χ4v) is 2.90. The van der Waals surface area contributed by atoms with Crippen molar-refractivity contribution in [1.29, 1.82) is 0 Å². The molecular formula is C22H27NO4. The van der Waals surface area contributed by atoms with E-state index in [9.17, 15) is 4.79 Å². The topological polar surface area (TPSA) is 56.8 Å². The van der Waals surface area contributed by atoms with Crippen molar-refractivity contribution in [3.8, 4) is 17.2 Å². The van der Waals surface area contributed by atoms with Gasteiger partial charge in [0.05, 0.1) is 6.54 Å². The molecule has 0 fully saturated rings. The maximum atomic E-state index is 12.0. The Morgan fingerprint density at radius 1 is 1.07 bits per heavy atom. The molecule has 1 aliphatic rings. The lowest BCUT2D eigenvalue weighted by molar-refractivity contribution is -0.121. The molecule has 0 radical (unpaired) electrons. The second-order valence-electron chi connectivity index (χ2n) is 6.90. The van der Waals surface area contributed by atoms with Gasteiger partial charge in [-0.3, -0.25) is 4.79 Å². The molecule has 5 nitrogen and oxygen atoms in total. The Balaban J connectivity index is 1.35. The van der Waals surface area contributed by atoms with Gasteiger partial charge in [0.15, 0.2) is 11.5 Å². The van der Waals surface area contributed by atoms with E-state index in [1.54, 1.807) is 0 Å². The van der Waals surface area contributed by atoms with Gasteiger partial charge in [-0.05, 0) is 47.7 Å². The molecule has 144 valence electrons. The zero-order valence-electron chi connectivity index (χ0n) is 16.0. The SMILES string of the molecule is CC(C)c1ccc(OCCNC(=O)CCc2ccc3c(c2)OCCO3)cc1. The number of nitrogens with one attached hydrogen (secondary N) is 1. The van der Waals surface area contributed by atoms with E-state index >= 15 is 0 Å². The summed E-state index contributed by atoms with van der Waals surface area (Å²) in [6.07, 6.45) is 1.10. The number of hydrogen-bond acceptors (Lipinski definition) is 4. The first-order valence-corrected chi connectivity index (χ1v) is 9.50. The van der Waals surface area contributed by atoms with Gasteiger partial charge < -0.3 is 19.5 Å². The van der Waals surface area contributed by atoms with Crippen LogP contribution < -0.4 is 19.5 Å². The van der Waals surface area contributed by atoms with Crippen LogP contribution in [0.15, 0.2) is 42.5 Å². The molecule has 5 heteroatoms. The van der Waals surface area contributed by atoms with Gasteiger partial charge in [-0.25, -0.2) is 0 Å². The van der Waals surface area contributed by atoms with Gasteiger partial charge in [-0.15, -0.1) is 0 Å². The van der Waals surface area contributed by atoms with Crippen molar-refractivity contribution in [3.05, 3.63) is 53.6 Å². The number of carbonyl (C=O) groups is 1. The van der Waals surface area contributed by atoms with Gasteiger partial charge in [-0.2, -0.15) is 0 Å². The number of aryl methyl sites for hydroxylation is 1. The van der Waals surface area contributed by atoms with Gasteiger partial charge in [-0.1, -0.05) is 32.0 Å². The van der Waals surface area contributed by atoms with Crippen LogP contribution in [-0.4, -0.2) is 32.3 Å². The van der Waals surface area contributed by atoms with E-state index in [-0.39, 0.29) is 5.91 Å². The van der Waals surface area contributed by atoms with E-state index in [2.05, 4.69) is 31.3 Å². The molecule has 0 bridgehead atoms. The predicted octanol–water partition coefficient (Wildman–Crippen LogP) is 3.71. The standard InChI is InChI=1S/C22H27NO4/c1-16(2)18-5-7-19(8-6-18)25-12-11-23-22(24)10-4-17-3-9-20-21(15-17)27-14-13-26-20/h3,5-9,15-16H,4,10-14H2,1-2H3,(H,23,24). The monoisotopic (exact) mass is 369 g/mol. The van der Waals surface area contributed by atoms with E-state index in [4.69, 9.17) is 14.2 Å². The van der Waals surface area contributed by atoms with Crippen molar-refractivity contribution in [2.24, 2.45) is 0 Å². The van der Waals surface area contributed by atoms with Crippen LogP contribution in [0.4, 0.5) is 0 Å². The number of carbonyl (C=O) groups excluding carboxylic acids is 1. The van der Waals surface area contributed by atoms with Crippen LogP contribution in [0.5, 0.6) is 17.2 Å². The van der Waals surface area contributed by atoms with Crippen LogP contribution in [0.25, 0.3) is 0 Å². The molecule has 1 amide bonds. The number of hydrogen-bond donors (Lipinski definition) is 1. The first-order chi connectivity index (χ1) is 13.1. The number of ether oxygens (including phenoxy) is 3. The molecule has 0 saturated heterocycles. The van der Waals surface area contributed by atoms with E-state index in [1.165, 1.54) is 5.56 Å². The quantitative estimate of drug-likeness (QED) is 0.721. The number of amides is 1. The van der Waals surface area contributed by atoms with E-state index in [1.807, 2.05) is 30.3 Å². The average Bonchev–Trinajstić information content (AvgIpc) is 2.70. The fraction of sp³-hybridized carbons (Fsp3) is 0.409. The average molecular weight is 369 g/mol. The molecule has 2 aromatic carbocycles. The van der Waals surface area contributed by atoms with Crippen LogP contribution in [0.3, 0.4) is 0 Å². The van der Waals surface area contributed by atoms with Crippen LogP contribution in [0.2, 0.25) is 0 Å². The Bertz CT molecular complexity index is 755. The van der Waals surface area contributed by atoms with Gasteiger partial charge >= 0.3 is 0 Å². The smallest absolute Gasteiger partial charge is 0.220 e. The van der Waals surface area contributed by atoms with Crippen molar-refractivity contribution in [2.75, 3.05) is 26.4 Å². The zero-order chi connectivity index (χ0) is 19.1. The second-order valence-corrected chi connectivity index (χ2v) is 6.90. The minimum absolute atomic E-state index is 0.0173. The normalized spacial score (nSPS) is 12.7. The Labute approximate surface area is 160 Å². The molecular weight excluding hydrogens is 342 g/mol. The summed E-state index contributed by atoms with van der Waals surface area (Å²) in [6, 6.07) is 13.9. The van der Waals surface area contributed by atoms with Crippen molar-refractivity contribution in [3.63, 3.8) is 0 Å². The molecule has 1 aliphatic heterocycles. The Hall–Kier alpha value is -2.69. The lowest BCUT2D eigenvalue weighted by atomic mass is 10.0. The molecule has 2 aromatic rings. The second kappa shape index (κ2) is 9.31. The lowest BCUT2D eigenvalue weighted by Crippen LogP contribution is -2.28. The summed E-state index contributed by atoms with van der Waals surface area (Å²) in [4.78, 5) is 12.0. The predicted molar refractivity (Wildman–Crippen MR) is 105 cm³/mol. The van der Waals surface area contributed by atoms with Crippen molar-refractivity contribution < 1.29 is 19.0 Å². The summed E-state index contributed by atoms with van der Waals surface area (Å²) in [5.41, 5.74) is 2.35. The van der Waals surface area contributed by atoms with Crippen molar-refractivity contribution in [1.82, 2.24) is 5.32 Å². The summed E-state index contributed by atoms with van der Waals surface area (Å²) in [5, 5.41) is 2.90. The van der Waals surface area contributed by atoms with E-state index in [0.717, 1.165) is 22.8 Å². The largest absolute Gasteiger partial charge is 0.492 e. The zero-order valence-corrected chi connectivity index (χ0v) is 16.0. The number of fused-ring (bicyclic) bond motifs is 1. The minimum atomic E-state index is 0.0173. The van der Waals surface area contributed by atoms with Gasteiger partial charge in [0.2, 0.25) is 5.91 Å². The molecule has 0 aliphatic carbocycles. The third-order valence-corrected chi connectivity index (χ3v) is 4.49. The molecule has 0 spiro atoms. The summed E-state index contributed by atoms with van der Waals surface area (Å²) in [7, 11) is 0. The molecule has 0 unspecified atom stereocenters. The molecule has 0 saturated carbocycles. The first kappa shape index (κ1) is 19.1. The van der Waals surface area contributed by atoms with Crippen LogP contribution in [0.1, 0.15) is 37.3 Å². The Morgan fingerprint density at radius 2 is 1.81 bits per heavy atom. The first-order valence-electron chi connectivity index (χ1n) is 9.50. The summed E-state index contributed by atoms with van der Waals surface area (Å²) >= 11 is 0. The highest BCUT2D eigenvalue weighted by molar-refractivity contribution is 5.76. The summed E-state index contributed by atoms with van der Waals surface area (Å²) in [5.74, 6) is 2.88. The Kier molecular flexibility index (Phi) is 6.58. The van der Waals surface area contributed by atoms with Gasteiger partial charge in [0, 0.05) is 6.42 Å². The minimum Gasteiger partial charge on any atom is -0.492 e. The van der Waals surface area contributed by atoms with Crippen molar-refractivity contribution >= 4 is 5.91 Å². The van der Waals surface area contributed by atoms with Gasteiger partial charge in [0.25, 0.3) is 0 Å². The maximum absolute atomic E-state index is 12.0. The van der Waals surface area contributed by atoms with Crippen LogP contribution >= 0.6 is 0 Å². The van der Waals surface area contributed by atoms with Crippen molar-refractivity contribution in [2.45, 2.75) is 32.6 Å². The molecule has 27 heavy (non-hydrogen) atoms. The highest BCUT2D eigenvalue weighted by Crippen LogP contribution is 2.31. The highest BCUT2D eigenvalue weighted by atomic mass is 16.6. The molecule has 0 aromatic heterocycles. The van der Waals surface area contributed by atoms with Crippen LogP contribution in [-0.2, 0) is 11.2 Å². The van der Waals surface area contributed by atoms with Crippen LogP contribution in [0, 0.1) is 0 Å². The Morgan fingerprint density at radius 3 is 2.56 bits per heavy atom. The van der Waals surface area contributed by atoms with Gasteiger partial charge in [0.1, 0.15) is 25.6 Å². The van der Waals surface area contributed by atoms with E-state index in [0.29, 0.717) is 45.1 Å². The number of rotatable bonds is 8. The molecule has 3 rings (SSSR count). The fourth-order valence-electron chi connectivity index (χ4n) is 2.90. The molecule has 1 N–H and O–H groups in total. The third-order valence-electron chi connectivity index (χ3n) is 4.49. The summed E-state index contributed by atoms with van der Waals surface area (Å²) in [6.45, 7) is 6.42. The third kappa shape index (κ3) is 5.64. The highest BCUT2D eigenvalue weighted by Gasteiger charge is 2.12. The summed E-state index contributed by atoms with van der Waals surface area (Å²) < 4.78 is 16.7. The maximum Gasteiger partial charge on any atom is 0.220 e. The van der Waals surface area contributed by atoms with E-state index < -0.39 is 0 Å². The molecule has 1 heterocycles. The molecule has 0 atom stereocenters. The number of benzene rings is 2.